The van der Waals surface area contributed by atoms with Gasteiger partial charge in [-0.05, 0) is 116 Å². The topological polar surface area (TPSA) is 6.48 Å². The Morgan fingerprint density at radius 2 is 0.773 bits per heavy atom. The van der Waals surface area contributed by atoms with Crippen LogP contribution < -0.4 is 0 Å². The minimum atomic E-state index is -1.20. The molecule has 2 aliphatic heterocycles. The summed E-state index contributed by atoms with van der Waals surface area (Å²) in [5.41, 5.74) is 1.38. The Hall–Kier alpha value is 0.452. The van der Waals surface area contributed by atoms with E-state index in [0.717, 1.165) is 0 Å². The Bertz CT molecular complexity index is 342. The van der Waals surface area contributed by atoms with Crippen molar-refractivity contribution in [2.45, 2.75) is 122 Å². The van der Waals surface area contributed by atoms with E-state index in [1.54, 1.807) is 0 Å². The van der Waals surface area contributed by atoms with Crippen molar-refractivity contribution in [3.8, 4) is 0 Å². The molecule has 0 saturated carbocycles. The normalized spacial score (nSPS) is 31.0. The van der Waals surface area contributed by atoms with Crippen molar-refractivity contribution >= 4 is 14.6 Å². The van der Waals surface area contributed by atoms with E-state index in [2.05, 4.69) is 68.9 Å². The summed E-state index contributed by atoms with van der Waals surface area (Å²) in [5.74, 6) is 2.60. The summed E-state index contributed by atoms with van der Waals surface area (Å²) in [6.07, 6.45) is 8.16. The van der Waals surface area contributed by atoms with Crippen molar-refractivity contribution in [1.29, 1.82) is 0 Å². The van der Waals surface area contributed by atoms with Gasteiger partial charge in [0.2, 0.25) is 0 Å². The van der Waals surface area contributed by atoms with Gasteiger partial charge in [-0.3, -0.25) is 0 Å². The van der Waals surface area contributed by atoms with Crippen LogP contribution in [0.15, 0.2) is 0 Å². The average molecular weight is 323 g/mol. The van der Waals surface area contributed by atoms with Crippen molar-refractivity contribution in [3.63, 3.8) is 0 Å². The molecule has 0 unspecified atom stereocenters. The van der Waals surface area contributed by atoms with Gasteiger partial charge in [-0.15, -0.1) is 0 Å². The molecular formula is C19H39AlN2. The molecule has 0 N–H and O–H groups in total. The van der Waals surface area contributed by atoms with E-state index in [1.165, 1.54) is 38.5 Å². The van der Waals surface area contributed by atoms with Gasteiger partial charge in [0, 0.05) is 0 Å². The number of piperidine rings is 2. The predicted molar refractivity (Wildman–Crippen MR) is 99.3 cm³/mol. The molecule has 128 valence electrons. The standard InChI is InChI=1S/2C9H18N.CH3.Al/c2*1-8(2)6-5-7-9(3,4)10-8;;/h2*5-7H2,1-4H3;1H3;/q2*-1;;+2. The highest BCUT2D eigenvalue weighted by molar-refractivity contribution is 6.52. The van der Waals surface area contributed by atoms with Crippen molar-refractivity contribution < 1.29 is 0 Å². The quantitative estimate of drug-likeness (QED) is 0.645. The zero-order valence-corrected chi connectivity index (χ0v) is 17.9. The van der Waals surface area contributed by atoms with Crippen LogP contribution in [0.1, 0.15) is 93.9 Å². The smallest absolute Gasteiger partial charge is 0.362 e. The fourth-order valence-corrected chi connectivity index (χ4v) is 11.0. The van der Waals surface area contributed by atoms with Crippen LogP contribution in [0.3, 0.4) is 0 Å². The van der Waals surface area contributed by atoms with Gasteiger partial charge in [-0.1, -0.05) is 5.79 Å². The molecule has 0 aromatic rings. The summed E-state index contributed by atoms with van der Waals surface area (Å²) >= 11 is -1.20. The summed E-state index contributed by atoms with van der Waals surface area (Å²) < 4.78 is 5.94. The molecular weight excluding hydrogens is 283 g/mol. The number of nitrogens with zero attached hydrogens (tertiary/aromatic N) is 2. The van der Waals surface area contributed by atoms with E-state index >= 15 is 0 Å². The van der Waals surface area contributed by atoms with Crippen LogP contribution in [0.25, 0.3) is 0 Å². The summed E-state index contributed by atoms with van der Waals surface area (Å²) in [5, 5.41) is 0. The highest BCUT2D eigenvalue weighted by Gasteiger charge is 2.54. The molecule has 0 aromatic heterocycles. The van der Waals surface area contributed by atoms with Gasteiger partial charge in [0.25, 0.3) is 0 Å². The summed E-state index contributed by atoms with van der Waals surface area (Å²) in [7, 11) is 0. The predicted octanol–water partition coefficient (Wildman–Crippen LogP) is 5.19. The Morgan fingerprint density at radius 3 is 1.00 bits per heavy atom. The van der Waals surface area contributed by atoms with Gasteiger partial charge in [0.1, 0.15) is 0 Å². The molecule has 0 amide bonds. The Balaban J connectivity index is 2.40. The molecule has 0 atom stereocenters. The van der Waals surface area contributed by atoms with Gasteiger partial charge in [-0.2, -0.15) is 0 Å². The van der Waals surface area contributed by atoms with E-state index < -0.39 is 14.6 Å². The fourth-order valence-electron chi connectivity index (χ4n) is 6.17. The maximum Gasteiger partial charge on any atom is 0.486 e. The summed E-state index contributed by atoms with van der Waals surface area (Å²) in [4.78, 5) is 0. The van der Waals surface area contributed by atoms with Gasteiger partial charge in [-0.25, -0.2) is 0 Å². The Labute approximate surface area is 144 Å². The lowest BCUT2D eigenvalue weighted by atomic mass is 9.82. The van der Waals surface area contributed by atoms with Gasteiger partial charge < -0.3 is 7.77 Å². The lowest BCUT2D eigenvalue weighted by Crippen LogP contribution is -2.74. The van der Waals surface area contributed by atoms with Crippen LogP contribution in [0.2, 0.25) is 5.79 Å². The highest BCUT2D eigenvalue weighted by Crippen LogP contribution is 2.45. The lowest BCUT2D eigenvalue weighted by Gasteiger charge is -2.63. The van der Waals surface area contributed by atoms with Crippen molar-refractivity contribution in [3.05, 3.63) is 0 Å². The zero-order valence-electron chi connectivity index (χ0n) is 16.7. The first-order chi connectivity index (χ1) is 9.81. The molecule has 0 aromatic carbocycles. The molecule has 0 aliphatic carbocycles. The largest absolute Gasteiger partial charge is 0.486 e. The number of rotatable bonds is 2. The monoisotopic (exact) mass is 322 g/mol. The Kier molecular flexibility index (Phi) is 4.92. The summed E-state index contributed by atoms with van der Waals surface area (Å²) in [6.45, 7) is 19.9. The molecule has 0 radical (unpaired) electrons. The molecule has 2 aliphatic rings. The molecule has 2 saturated heterocycles. The summed E-state index contributed by atoms with van der Waals surface area (Å²) in [6, 6.07) is 0. The number of hydrogen-bond acceptors (Lipinski definition) is 2. The first-order valence-corrected chi connectivity index (χ1v) is 11.6. The molecule has 22 heavy (non-hydrogen) atoms. The molecule has 0 bridgehead atoms. The maximum atomic E-state index is 2.97. The van der Waals surface area contributed by atoms with E-state index in [4.69, 9.17) is 0 Å². The van der Waals surface area contributed by atoms with Crippen molar-refractivity contribution in [1.82, 2.24) is 7.77 Å². The van der Waals surface area contributed by atoms with E-state index in [9.17, 15) is 0 Å². The Morgan fingerprint density at radius 1 is 0.545 bits per heavy atom. The van der Waals surface area contributed by atoms with E-state index in [1.807, 2.05) is 0 Å². The van der Waals surface area contributed by atoms with Crippen LogP contribution in [0, 0.1) is 0 Å². The molecule has 0 spiro atoms. The minimum Gasteiger partial charge on any atom is -0.362 e. The SMILES string of the molecule is [CH3][Al]([N]1C(C)(C)CCCC1(C)C)[N]1C(C)(C)CCCC1(C)C. The van der Waals surface area contributed by atoms with Crippen LogP contribution in [-0.4, -0.2) is 44.5 Å². The van der Waals surface area contributed by atoms with Crippen molar-refractivity contribution in [2.75, 3.05) is 0 Å². The van der Waals surface area contributed by atoms with Gasteiger partial charge in [0.05, 0.1) is 0 Å². The molecule has 3 heteroatoms. The van der Waals surface area contributed by atoms with Crippen LogP contribution in [-0.2, 0) is 0 Å². The first-order valence-electron chi connectivity index (χ1n) is 9.40. The first kappa shape index (κ1) is 18.8. The second kappa shape index (κ2) is 5.77. The minimum absolute atomic E-state index is 0.344. The van der Waals surface area contributed by atoms with Crippen LogP contribution in [0.5, 0.6) is 0 Å². The fraction of sp³-hybridized carbons (Fsp3) is 1.00. The number of hydrogen-bond donors (Lipinski definition) is 0. The van der Waals surface area contributed by atoms with Crippen LogP contribution in [0.4, 0.5) is 0 Å². The molecule has 2 fully saturated rings. The molecule has 2 rings (SSSR count). The second-order valence-electron chi connectivity index (χ2n) is 10.3. The third-order valence-corrected chi connectivity index (χ3v) is 10.8. The maximum absolute atomic E-state index is 2.97. The third kappa shape index (κ3) is 3.30. The van der Waals surface area contributed by atoms with Gasteiger partial charge >= 0.3 is 14.6 Å². The second-order valence-corrected chi connectivity index (χ2v) is 12.6. The van der Waals surface area contributed by atoms with Crippen molar-refractivity contribution in [2.24, 2.45) is 0 Å². The van der Waals surface area contributed by atoms with Crippen LogP contribution >= 0.6 is 0 Å². The third-order valence-electron chi connectivity index (χ3n) is 6.51. The van der Waals surface area contributed by atoms with Gasteiger partial charge in [0.15, 0.2) is 0 Å². The zero-order chi connectivity index (χ0) is 17.0. The average Bonchev–Trinajstić information content (AvgIpc) is 2.22. The highest BCUT2D eigenvalue weighted by atomic mass is 27.2. The molecule has 2 heterocycles. The van der Waals surface area contributed by atoms with E-state index in [0.29, 0.717) is 22.2 Å². The lowest BCUT2D eigenvalue weighted by molar-refractivity contribution is -0.00419. The molecule has 2 nitrogen and oxygen atoms in total. The van der Waals surface area contributed by atoms with E-state index in [-0.39, 0.29) is 0 Å².